The number of hydrogen-bond acceptors (Lipinski definition) is 4. The second-order valence-electron chi connectivity index (χ2n) is 8.91. The molecular formula is C21H25N3O3. The molecule has 5 rings (SSSR count). The summed E-state index contributed by atoms with van der Waals surface area (Å²) in [6, 6.07) is 6.98. The minimum absolute atomic E-state index is 0.0179. The van der Waals surface area contributed by atoms with Gasteiger partial charge in [0.1, 0.15) is 6.04 Å². The van der Waals surface area contributed by atoms with E-state index in [0.29, 0.717) is 6.54 Å². The summed E-state index contributed by atoms with van der Waals surface area (Å²) >= 11 is 0. The highest BCUT2D eigenvalue weighted by Crippen LogP contribution is 2.49. The third-order valence-corrected chi connectivity index (χ3v) is 6.66. The maximum Gasteiger partial charge on any atom is 0.255 e. The third kappa shape index (κ3) is 2.15. The number of hydrazine groups is 1. The van der Waals surface area contributed by atoms with E-state index in [0.717, 1.165) is 43.4 Å². The standard InChI is InChI=1S/C21H25N3O3/c1-21(2)12-22-15-11-7-6-10-14(15)16-17(24(22)20(21)27)19(26)23(18(16)25)13-8-4-3-5-9-13/h6-7,10-11,13,16-17H,3-5,8-9,12H2,1-2H3. The molecule has 0 spiro atoms. The number of carbonyl (C=O) groups is 3. The highest BCUT2D eigenvalue weighted by Gasteiger charge is 2.62. The molecule has 0 radical (unpaired) electrons. The van der Waals surface area contributed by atoms with Crippen LogP contribution < -0.4 is 5.01 Å². The van der Waals surface area contributed by atoms with Gasteiger partial charge < -0.3 is 0 Å². The summed E-state index contributed by atoms with van der Waals surface area (Å²) < 4.78 is 0. The second kappa shape index (κ2) is 5.57. The third-order valence-electron chi connectivity index (χ3n) is 6.66. The van der Waals surface area contributed by atoms with Gasteiger partial charge in [-0.05, 0) is 38.3 Å². The minimum Gasteiger partial charge on any atom is -0.281 e. The molecule has 6 nitrogen and oxygen atoms in total. The Morgan fingerprint density at radius 2 is 1.67 bits per heavy atom. The Kier molecular flexibility index (Phi) is 3.46. The van der Waals surface area contributed by atoms with Crippen molar-refractivity contribution in [2.45, 2.75) is 64.0 Å². The topological polar surface area (TPSA) is 60.9 Å². The quantitative estimate of drug-likeness (QED) is 0.716. The van der Waals surface area contributed by atoms with Crippen molar-refractivity contribution in [3.8, 4) is 0 Å². The largest absolute Gasteiger partial charge is 0.281 e. The maximum atomic E-state index is 13.4. The van der Waals surface area contributed by atoms with Gasteiger partial charge in [0.25, 0.3) is 5.91 Å². The molecule has 3 amide bonds. The van der Waals surface area contributed by atoms with Crippen LogP contribution >= 0.6 is 0 Å². The summed E-state index contributed by atoms with van der Waals surface area (Å²) in [5.74, 6) is -0.965. The molecule has 1 aromatic carbocycles. The van der Waals surface area contributed by atoms with Gasteiger partial charge in [-0.15, -0.1) is 0 Å². The molecule has 3 aliphatic heterocycles. The molecule has 1 aliphatic carbocycles. The molecule has 1 aromatic rings. The van der Waals surface area contributed by atoms with Gasteiger partial charge >= 0.3 is 0 Å². The van der Waals surface area contributed by atoms with Gasteiger partial charge in [-0.1, -0.05) is 37.5 Å². The molecule has 2 atom stereocenters. The Labute approximate surface area is 159 Å². The maximum absolute atomic E-state index is 13.4. The first-order valence-corrected chi connectivity index (χ1v) is 9.99. The summed E-state index contributed by atoms with van der Waals surface area (Å²) in [5, 5.41) is 3.52. The normalized spacial score (nSPS) is 29.9. The smallest absolute Gasteiger partial charge is 0.255 e. The Hall–Kier alpha value is -2.37. The first kappa shape index (κ1) is 16.8. The van der Waals surface area contributed by atoms with E-state index < -0.39 is 17.4 Å². The van der Waals surface area contributed by atoms with E-state index in [1.807, 2.05) is 43.1 Å². The van der Waals surface area contributed by atoms with Crippen molar-refractivity contribution in [3.05, 3.63) is 29.8 Å². The zero-order chi connectivity index (χ0) is 18.9. The number of likely N-dealkylation sites (tertiary alicyclic amines) is 1. The van der Waals surface area contributed by atoms with E-state index in [2.05, 4.69) is 0 Å². The number of amides is 3. The number of nitrogens with zero attached hydrogens (tertiary/aromatic N) is 3. The molecule has 2 unspecified atom stereocenters. The fraction of sp³-hybridized carbons (Fsp3) is 0.571. The van der Waals surface area contributed by atoms with Crippen LogP contribution in [-0.4, -0.2) is 46.3 Å². The van der Waals surface area contributed by atoms with E-state index in [-0.39, 0.29) is 23.8 Å². The van der Waals surface area contributed by atoms with Crippen LogP contribution in [0.25, 0.3) is 0 Å². The summed E-state index contributed by atoms with van der Waals surface area (Å²) in [6.45, 7) is 4.34. The van der Waals surface area contributed by atoms with Crippen molar-refractivity contribution in [2.24, 2.45) is 5.41 Å². The van der Waals surface area contributed by atoms with E-state index >= 15 is 0 Å². The number of benzene rings is 1. The van der Waals surface area contributed by atoms with Crippen molar-refractivity contribution in [1.29, 1.82) is 0 Å². The van der Waals surface area contributed by atoms with Crippen molar-refractivity contribution >= 4 is 23.4 Å². The molecule has 0 bridgehead atoms. The van der Waals surface area contributed by atoms with Crippen molar-refractivity contribution in [3.63, 3.8) is 0 Å². The van der Waals surface area contributed by atoms with Gasteiger partial charge in [0.05, 0.1) is 23.6 Å². The van der Waals surface area contributed by atoms with Crippen LogP contribution in [0.5, 0.6) is 0 Å². The highest BCUT2D eigenvalue weighted by atomic mass is 16.2. The molecule has 0 N–H and O–H groups in total. The van der Waals surface area contributed by atoms with E-state index in [9.17, 15) is 14.4 Å². The number of imide groups is 1. The van der Waals surface area contributed by atoms with Gasteiger partial charge in [-0.3, -0.25) is 24.3 Å². The van der Waals surface area contributed by atoms with Gasteiger partial charge in [-0.2, -0.15) is 0 Å². The first-order valence-electron chi connectivity index (χ1n) is 9.99. The van der Waals surface area contributed by atoms with E-state index in [1.165, 1.54) is 4.90 Å². The molecule has 0 aromatic heterocycles. The average Bonchev–Trinajstić information content (AvgIpc) is 3.06. The number of para-hydroxylation sites is 1. The molecule has 142 valence electrons. The minimum atomic E-state index is -0.733. The monoisotopic (exact) mass is 367 g/mol. The van der Waals surface area contributed by atoms with Crippen LogP contribution in [0, 0.1) is 5.41 Å². The first-order chi connectivity index (χ1) is 12.9. The predicted molar refractivity (Wildman–Crippen MR) is 99.7 cm³/mol. The van der Waals surface area contributed by atoms with Crippen LogP contribution in [0.4, 0.5) is 5.69 Å². The average molecular weight is 367 g/mol. The Balaban J connectivity index is 1.64. The molecule has 3 heterocycles. The number of hydrogen-bond donors (Lipinski definition) is 0. The molecular weight excluding hydrogens is 342 g/mol. The lowest BCUT2D eigenvalue weighted by Crippen LogP contribution is -2.55. The predicted octanol–water partition coefficient (Wildman–Crippen LogP) is 2.44. The Morgan fingerprint density at radius 3 is 2.41 bits per heavy atom. The Morgan fingerprint density at radius 1 is 0.963 bits per heavy atom. The van der Waals surface area contributed by atoms with Crippen LogP contribution in [0.2, 0.25) is 0 Å². The van der Waals surface area contributed by atoms with Gasteiger partial charge in [0, 0.05) is 6.04 Å². The number of carbonyl (C=O) groups excluding carboxylic acids is 3. The molecule has 27 heavy (non-hydrogen) atoms. The van der Waals surface area contributed by atoms with E-state index in [4.69, 9.17) is 0 Å². The van der Waals surface area contributed by atoms with Crippen LogP contribution in [-0.2, 0) is 14.4 Å². The summed E-state index contributed by atoms with van der Waals surface area (Å²) in [6.07, 6.45) is 5.02. The summed E-state index contributed by atoms with van der Waals surface area (Å²) in [4.78, 5) is 41.5. The van der Waals surface area contributed by atoms with Crippen molar-refractivity contribution in [2.75, 3.05) is 11.6 Å². The molecule has 4 aliphatic rings. The number of fused-ring (bicyclic) bond motifs is 6. The van der Waals surface area contributed by atoms with Crippen LogP contribution in [0.15, 0.2) is 24.3 Å². The van der Waals surface area contributed by atoms with E-state index in [1.54, 1.807) is 5.01 Å². The molecule has 1 saturated carbocycles. The van der Waals surface area contributed by atoms with Crippen LogP contribution in [0.3, 0.4) is 0 Å². The second-order valence-corrected chi connectivity index (χ2v) is 8.91. The lowest BCUT2D eigenvalue weighted by Gasteiger charge is -2.41. The fourth-order valence-electron chi connectivity index (χ4n) is 5.33. The highest BCUT2D eigenvalue weighted by molar-refractivity contribution is 6.13. The number of rotatable bonds is 1. The van der Waals surface area contributed by atoms with Crippen molar-refractivity contribution in [1.82, 2.24) is 9.91 Å². The number of anilines is 1. The lowest BCUT2D eigenvalue weighted by atomic mass is 9.89. The molecule has 2 saturated heterocycles. The van der Waals surface area contributed by atoms with Gasteiger partial charge in [-0.25, -0.2) is 5.01 Å². The van der Waals surface area contributed by atoms with Gasteiger partial charge in [0.2, 0.25) is 11.8 Å². The fourth-order valence-corrected chi connectivity index (χ4v) is 5.33. The van der Waals surface area contributed by atoms with Crippen molar-refractivity contribution < 1.29 is 14.4 Å². The SMILES string of the molecule is CC1(C)CN2c3ccccc3C3C(=O)N(C4CCCCC4)C(=O)C3N2C1=O. The molecule has 3 fully saturated rings. The summed E-state index contributed by atoms with van der Waals surface area (Å²) in [7, 11) is 0. The zero-order valence-corrected chi connectivity index (χ0v) is 15.9. The lowest BCUT2D eigenvalue weighted by molar-refractivity contribution is -0.147. The Bertz CT molecular complexity index is 843. The van der Waals surface area contributed by atoms with Gasteiger partial charge in [0.15, 0.2) is 0 Å². The zero-order valence-electron chi connectivity index (χ0n) is 15.9. The molecule has 6 heteroatoms. The summed E-state index contributed by atoms with van der Waals surface area (Å²) in [5.41, 5.74) is 1.18. The van der Waals surface area contributed by atoms with Crippen LogP contribution in [0.1, 0.15) is 57.4 Å².